The van der Waals surface area contributed by atoms with Gasteiger partial charge in [-0.05, 0) is 47.2 Å². The smallest absolute Gasteiger partial charge is 0.200 e. The first-order valence-electron chi connectivity index (χ1n) is 12.4. The molecule has 0 amide bonds. The minimum atomic E-state index is -1.87. The van der Waals surface area contributed by atoms with Gasteiger partial charge in [-0.2, -0.15) is 0 Å². The Hall–Kier alpha value is -1.86. The van der Waals surface area contributed by atoms with E-state index in [9.17, 15) is 0 Å². The summed E-state index contributed by atoms with van der Waals surface area (Å²) in [7, 11) is -1.87. The highest BCUT2D eigenvalue weighted by molar-refractivity contribution is 6.77. The van der Waals surface area contributed by atoms with Crippen molar-refractivity contribution in [3.05, 3.63) is 71.8 Å². The van der Waals surface area contributed by atoms with Crippen LogP contribution in [0.1, 0.15) is 71.6 Å². The molecule has 1 heterocycles. The maximum atomic E-state index is 7.03. The summed E-state index contributed by atoms with van der Waals surface area (Å²) in [4.78, 5) is 2.60. The van der Waals surface area contributed by atoms with Crippen LogP contribution in [-0.2, 0) is 4.43 Å². The Bertz CT molecular complexity index is 860. The molecule has 32 heavy (non-hydrogen) atoms. The van der Waals surface area contributed by atoms with Gasteiger partial charge in [0.2, 0.25) is 0 Å². The first kappa shape index (κ1) is 24.8. The van der Waals surface area contributed by atoms with Crippen LogP contribution in [0.3, 0.4) is 0 Å². The predicted octanol–water partition coefficient (Wildman–Crippen LogP) is 7.44. The van der Waals surface area contributed by atoms with Crippen molar-refractivity contribution in [1.29, 1.82) is 0 Å². The van der Waals surface area contributed by atoms with E-state index in [0.717, 1.165) is 18.7 Å². The Kier molecular flexibility index (Phi) is 8.77. The molecule has 0 N–H and O–H groups in total. The van der Waals surface area contributed by atoms with E-state index < -0.39 is 8.32 Å². The summed E-state index contributed by atoms with van der Waals surface area (Å²) in [6.07, 6.45) is 2.40. The molecule has 1 saturated heterocycles. The van der Waals surface area contributed by atoms with Gasteiger partial charge in [-0.15, -0.1) is 0 Å². The second kappa shape index (κ2) is 11.3. The van der Waals surface area contributed by atoms with Crippen molar-refractivity contribution in [1.82, 2.24) is 4.90 Å². The van der Waals surface area contributed by atoms with Gasteiger partial charge < -0.3 is 4.43 Å². The summed E-state index contributed by atoms with van der Waals surface area (Å²) in [6.45, 7) is 16.1. The molecule has 172 valence electrons. The Morgan fingerprint density at radius 1 is 0.875 bits per heavy atom. The van der Waals surface area contributed by atoms with Gasteiger partial charge in [0.05, 0.1) is 6.04 Å². The lowest BCUT2D eigenvalue weighted by Crippen LogP contribution is -2.50. The van der Waals surface area contributed by atoms with E-state index in [2.05, 4.69) is 113 Å². The molecule has 0 spiro atoms. The van der Waals surface area contributed by atoms with Crippen LogP contribution in [0.4, 0.5) is 0 Å². The lowest BCUT2D eigenvalue weighted by atomic mass is 10.0. The zero-order valence-corrected chi connectivity index (χ0v) is 21.8. The van der Waals surface area contributed by atoms with Crippen LogP contribution >= 0.6 is 0 Å². The molecule has 0 radical (unpaired) electrons. The molecule has 1 fully saturated rings. The Balaban J connectivity index is 1.86. The molecule has 0 saturated carbocycles. The fourth-order valence-corrected chi connectivity index (χ4v) is 11.3. The summed E-state index contributed by atoms with van der Waals surface area (Å²) in [5.41, 5.74) is 4.19. The summed E-state index contributed by atoms with van der Waals surface area (Å²) >= 11 is 0. The van der Waals surface area contributed by atoms with Crippen molar-refractivity contribution in [3.63, 3.8) is 0 Å². The highest BCUT2D eigenvalue weighted by Crippen LogP contribution is 2.43. The van der Waals surface area contributed by atoms with Crippen LogP contribution in [0.25, 0.3) is 0 Å². The molecule has 3 rings (SSSR count). The van der Waals surface area contributed by atoms with E-state index in [1.54, 1.807) is 0 Å². The van der Waals surface area contributed by atoms with Gasteiger partial charge in [-0.1, -0.05) is 102 Å². The highest BCUT2D eigenvalue weighted by atomic mass is 28.4. The molecule has 1 unspecified atom stereocenters. The maximum absolute atomic E-state index is 7.03. The van der Waals surface area contributed by atoms with E-state index in [1.165, 1.54) is 18.4 Å². The van der Waals surface area contributed by atoms with Crippen molar-refractivity contribution in [2.75, 3.05) is 13.2 Å². The van der Waals surface area contributed by atoms with Gasteiger partial charge in [0.1, 0.15) is 0 Å². The van der Waals surface area contributed by atoms with Crippen LogP contribution in [0.15, 0.2) is 60.7 Å². The van der Waals surface area contributed by atoms with Gasteiger partial charge in [0.15, 0.2) is 8.32 Å². The van der Waals surface area contributed by atoms with Crippen molar-refractivity contribution in [2.24, 2.45) is 0 Å². The Morgan fingerprint density at radius 2 is 1.44 bits per heavy atom. The SMILES string of the molecule is CC(C)[Si](OC[C@@H]1CCCN1C(C#Cc1ccccc1)c1ccccc1)(C(C)C)C(C)C. The first-order chi connectivity index (χ1) is 15.4. The molecule has 2 nitrogen and oxygen atoms in total. The highest BCUT2D eigenvalue weighted by Gasteiger charge is 2.46. The third kappa shape index (κ3) is 5.54. The number of hydrogen-bond acceptors (Lipinski definition) is 2. The number of nitrogens with zero attached hydrogens (tertiary/aromatic N) is 1. The minimum Gasteiger partial charge on any atom is -0.414 e. The summed E-state index contributed by atoms with van der Waals surface area (Å²) < 4.78 is 7.03. The summed E-state index contributed by atoms with van der Waals surface area (Å²) in [5.74, 6) is 7.07. The molecule has 3 heteroatoms. The predicted molar refractivity (Wildman–Crippen MR) is 139 cm³/mol. The third-order valence-corrected chi connectivity index (χ3v) is 13.3. The third-order valence-electron chi connectivity index (χ3n) is 7.23. The number of likely N-dealkylation sites (tertiary alicyclic amines) is 1. The topological polar surface area (TPSA) is 12.5 Å². The first-order valence-corrected chi connectivity index (χ1v) is 14.5. The maximum Gasteiger partial charge on any atom is 0.200 e. The average Bonchev–Trinajstić information content (AvgIpc) is 3.23. The molecular formula is C29H41NOSi. The van der Waals surface area contributed by atoms with Crippen molar-refractivity contribution in [2.45, 2.75) is 83.1 Å². The van der Waals surface area contributed by atoms with Gasteiger partial charge in [-0.3, -0.25) is 4.90 Å². The molecule has 0 aromatic heterocycles. The Labute approximate surface area is 197 Å². The quantitative estimate of drug-likeness (QED) is 0.308. The minimum absolute atomic E-state index is 0.0979. The second-order valence-corrected chi connectivity index (χ2v) is 15.6. The summed E-state index contributed by atoms with van der Waals surface area (Å²) in [5, 5.41) is 0. The largest absolute Gasteiger partial charge is 0.414 e. The van der Waals surface area contributed by atoms with Crippen molar-refractivity contribution >= 4 is 8.32 Å². The normalized spacial score (nSPS) is 18.2. The molecule has 1 aliphatic rings. The van der Waals surface area contributed by atoms with Crippen LogP contribution in [0, 0.1) is 11.8 Å². The fraction of sp³-hybridized carbons (Fsp3) is 0.517. The number of benzene rings is 2. The summed E-state index contributed by atoms with van der Waals surface area (Å²) in [6, 6.07) is 21.6. The van der Waals surface area contributed by atoms with E-state index in [0.29, 0.717) is 22.7 Å². The van der Waals surface area contributed by atoms with Gasteiger partial charge in [0, 0.05) is 24.8 Å². The van der Waals surface area contributed by atoms with E-state index in [4.69, 9.17) is 4.43 Å². The van der Waals surface area contributed by atoms with Crippen LogP contribution in [-0.4, -0.2) is 32.4 Å². The number of hydrogen-bond donors (Lipinski definition) is 0. The van der Waals surface area contributed by atoms with Gasteiger partial charge in [0.25, 0.3) is 0 Å². The second-order valence-electron chi connectivity index (χ2n) is 10.1. The van der Waals surface area contributed by atoms with Gasteiger partial charge >= 0.3 is 0 Å². The lowest BCUT2D eigenvalue weighted by molar-refractivity contribution is 0.140. The number of rotatable bonds is 8. The van der Waals surface area contributed by atoms with Gasteiger partial charge in [-0.25, -0.2) is 0 Å². The molecular weight excluding hydrogens is 406 g/mol. The van der Waals surface area contributed by atoms with E-state index in [-0.39, 0.29) is 6.04 Å². The molecule has 2 atom stereocenters. The molecule has 0 bridgehead atoms. The van der Waals surface area contributed by atoms with E-state index >= 15 is 0 Å². The standard InChI is InChI=1S/C29H41NOSi/c1-23(2)32(24(3)4,25(5)6)31-22-28-18-13-21-30(28)29(27-16-11-8-12-17-27)20-19-26-14-9-7-10-15-26/h7-12,14-17,23-25,28-29H,13,18,21-22H2,1-6H3/t28-,29?/m0/s1. The monoisotopic (exact) mass is 447 g/mol. The van der Waals surface area contributed by atoms with Crippen LogP contribution in [0.2, 0.25) is 16.6 Å². The zero-order valence-electron chi connectivity index (χ0n) is 20.8. The average molecular weight is 448 g/mol. The zero-order chi connectivity index (χ0) is 23.1. The molecule has 1 aliphatic heterocycles. The molecule has 2 aromatic rings. The van der Waals surface area contributed by atoms with Crippen molar-refractivity contribution < 1.29 is 4.43 Å². The molecule has 0 aliphatic carbocycles. The Morgan fingerprint density at radius 3 is 2.00 bits per heavy atom. The fourth-order valence-electron chi connectivity index (χ4n) is 5.78. The lowest BCUT2D eigenvalue weighted by Gasteiger charge is -2.43. The van der Waals surface area contributed by atoms with Crippen LogP contribution < -0.4 is 0 Å². The van der Waals surface area contributed by atoms with Crippen molar-refractivity contribution in [3.8, 4) is 11.8 Å². The molecule has 2 aromatic carbocycles. The van der Waals surface area contributed by atoms with E-state index in [1.807, 2.05) is 6.07 Å². The van der Waals surface area contributed by atoms with Crippen LogP contribution in [0.5, 0.6) is 0 Å².